The van der Waals surface area contributed by atoms with Crippen molar-refractivity contribution in [3.63, 3.8) is 0 Å². The molecule has 2 aliphatic carbocycles. The van der Waals surface area contributed by atoms with Gasteiger partial charge in [-0.2, -0.15) is 4.98 Å². The third kappa shape index (κ3) is 3.43. The molecule has 2 N–H and O–H groups in total. The van der Waals surface area contributed by atoms with Crippen molar-refractivity contribution in [3.8, 4) is 5.75 Å². The first-order valence-corrected chi connectivity index (χ1v) is 11.2. The van der Waals surface area contributed by atoms with Gasteiger partial charge < -0.3 is 25.0 Å². The molecule has 5 rings (SSSR count). The number of rotatable bonds is 5. The summed E-state index contributed by atoms with van der Waals surface area (Å²) in [7, 11) is 3.57. The van der Waals surface area contributed by atoms with E-state index >= 15 is 0 Å². The van der Waals surface area contributed by atoms with Gasteiger partial charge in [0.2, 0.25) is 5.95 Å². The molecule has 8 heteroatoms. The van der Waals surface area contributed by atoms with E-state index < -0.39 is 5.97 Å². The van der Waals surface area contributed by atoms with Crippen molar-refractivity contribution in [1.29, 1.82) is 0 Å². The first-order valence-electron chi connectivity index (χ1n) is 11.2. The van der Waals surface area contributed by atoms with E-state index in [-0.39, 0.29) is 11.0 Å². The lowest BCUT2D eigenvalue weighted by molar-refractivity contribution is 0.0696. The average Bonchev–Trinajstić information content (AvgIpc) is 3.40. The zero-order chi connectivity index (χ0) is 22.5. The lowest BCUT2D eigenvalue weighted by atomic mass is 10.0. The molecule has 8 nitrogen and oxygen atoms in total. The molecule has 1 aromatic heterocycles. The first-order chi connectivity index (χ1) is 15.4. The summed E-state index contributed by atoms with van der Waals surface area (Å²) in [6.45, 7) is 5.37. The Hall–Kier alpha value is -3.29. The van der Waals surface area contributed by atoms with Crippen LogP contribution < -0.4 is 19.9 Å². The number of hydrogen-bond acceptors (Lipinski definition) is 7. The molecule has 1 aromatic carbocycles. The van der Waals surface area contributed by atoms with Gasteiger partial charge in [-0.1, -0.05) is 19.4 Å². The van der Waals surface area contributed by atoms with E-state index in [1.165, 1.54) is 57.8 Å². The Kier molecular flexibility index (Phi) is 4.95. The Morgan fingerprint density at radius 2 is 2.06 bits per heavy atom. The fourth-order valence-electron chi connectivity index (χ4n) is 5.03. The van der Waals surface area contributed by atoms with Crippen molar-refractivity contribution in [2.75, 3.05) is 35.8 Å². The Morgan fingerprint density at radius 3 is 2.72 bits per heavy atom. The summed E-state index contributed by atoms with van der Waals surface area (Å²) in [6, 6.07) is 5.20. The van der Waals surface area contributed by atoms with Crippen LogP contribution >= 0.6 is 0 Å². The highest BCUT2D eigenvalue weighted by atomic mass is 16.5. The third-order valence-electron chi connectivity index (χ3n) is 7.19. The van der Waals surface area contributed by atoms with Crippen LogP contribution in [-0.4, -0.2) is 47.8 Å². The van der Waals surface area contributed by atoms with Gasteiger partial charge in [0.15, 0.2) is 5.82 Å². The average molecular weight is 436 g/mol. The highest BCUT2D eigenvalue weighted by Gasteiger charge is 2.51. The highest BCUT2D eigenvalue weighted by molar-refractivity contribution is 5.89. The molecule has 0 saturated heterocycles. The second-order valence-corrected chi connectivity index (χ2v) is 9.10. The van der Waals surface area contributed by atoms with Gasteiger partial charge in [0.25, 0.3) is 0 Å². The fraction of sp³-hybridized carbons (Fsp3) is 0.458. The molecule has 1 aliphatic heterocycles. The first kappa shape index (κ1) is 20.6. The van der Waals surface area contributed by atoms with E-state index in [0.29, 0.717) is 23.4 Å². The quantitative estimate of drug-likeness (QED) is 0.713. The summed E-state index contributed by atoms with van der Waals surface area (Å²) in [4.78, 5) is 25.5. The molecule has 32 heavy (non-hydrogen) atoms. The van der Waals surface area contributed by atoms with Gasteiger partial charge in [0, 0.05) is 30.7 Å². The van der Waals surface area contributed by atoms with Crippen molar-refractivity contribution in [3.05, 3.63) is 42.2 Å². The number of hydrogen-bond donors (Lipinski definition) is 2. The van der Waals surface area contributed by atoms with E-state index in [0.717, 1.165) is 23.7 Å². The van der Waals surface area contributed by atoms with Gasteiger partial charge in [0.1, 0.15) is 11.4 Å². The van der Waals surface area contributed by atoms with Crippen LogP contribution in [0.3, 0.4) is 0 Å². The molecule has 0 unspecified atom stereocenters. The van der Waals surface area contributed by atoms with Crippen LogP contribution in [0.1, 0.15) is 48.9 Å². The lowest BCUT2D eigenvalue weighted by Crippen LogP contribution is -2.38. The molecular weight excluding hydrogens is 406 g/mol. The van der Waals surface area contributed by atoms with Gasteiger partial charge >= 0.3 is 5.97 Å². The molecule has 0 radical (unpaired) electrons. The normalized spacial score (nSPS) is 19.6. The maximum absolute atomic E-state index is 11.3. The molecule has 2 fully saturated rings. The van der Waals surface area contributed by atoms with E-state index in [2.05, 4.69) is 33.7 Å². The van der Waals surface area contributed by atoms with E-state index in [1.54, 1.807) is 6.07 Å². The summed E-state index contributed by atoms with van der Waals surface area (Å²) in [5.74, 6) is 0.820. The number of aromatic nitrogens is 2. The molecule has 168 valence electrons. The maximum Gasteiger partial charge on any atom is 0.335 e. The van der Waals surface area contributed by atoms with E-state index in [4.69, 9.17) is 9.72 Å². The minimum atomic E-state index is -0.999. The lowest BCUT2D eigenvalue weighted by Gasteiger charge is -2.32. The van der Waals surface area contributed by atoms with Crippen molar-refractivity contribution in [2.45, 2.75) is 44.6 Å². The second-order valence-electron chi connectivity index (χ2n) is 9.10. The molecule has 1 spiro atoms. The number of carboxylic acid groups (broad SMARTS) is 1. The maximum atomic E-state index is 11.3. The number of methoxy groups -OCH3 is 1. The summed E-state index contributed by atoms with van der Waals surface area (Å²) in [5, 5.41) is 12.5. The second kappa shape index (κ2) is 7.69. The Morgan fingerprint density at radius 1 is 1.31 bits per heavy atom. The minimum Gasteiger partial charge on any atom is -0.495 e. The van der Waals surface area contributed by atoms with Gasteiger partial charge in [-0.3, -0.25) is 0 Å². The van der Waals surface area contributed by atoms with Crippen LogP contribution in [0.5, 0.6) is 5.75 Å². The van der Waals surface area contributed by atoms with Crippen LogP contribution in [0, 0.1) is 5.41 Å². The molecule has 2 heterocycles. The third-order valence-corrected chi connectivity index (χ3v) is 7.19. The van der Waals surface area contributed by atoms with Crippen molar-refractivity contribution in [1.82, 2.24) is 9.97 Å². The number of carbonyl (C=O) groups is 1. The molecule has 0 bridgehead atoms. The molecular formula is C24H29N5O3. The van der Waals surface area contributed by atoms with Crippen LogP contribution in [0.15, 0.2) is 36.7 Å². The SMILES string of the molecule is C=C1N(C)c2cnc(Nc3ccc(C(=O)O)cc3OC)nc2N(C2CCCC2)CC12CC2. The van der Waals surface area contributed by atoms with Crippen LogP contribution in [0.2, 0.25) is 0 Å². The van der Waals surface area contributed by atoms with E-state index in [1.807, 2.05) is 6.20 Å². The molecule has 0 amide bonds. The number of carboxylic acids is 1. The zero-order valence-electron chi connectivity index (χ0n) is 18.6. The topological polar surface area (TPSA) is 90.8 Å². The van der Waals surface area contributed by atoms with Gasteiger partial charge in [-0.25, -0.2) is 9.78 Å². The predicted molar refractivity (Wildman–Crippen MR) is 124 cm³/mol. The van der Waals surface area contributed by atoms with Crippen LogP contribution in [0.25, 0.3) is 0 Å². The predicted octanol–water partition coefficient (Wildman–Crippen LogP) is 4.42. The van der Waals surface area contributed by atoms with Gasteiger partial charge in [-0.05, 0) is 43.9 Å². The monoisotopic (exact) mass is 435 g/mol. The smallest absolute Gasteiger partial charge is 0.335 e. The molecule has 0 atom stereocenters. The Bertz CT molecular complexity index is 1080. The van der Waals surface area contributed by atoms with E-state index in [9.17, 15) is 9.90 Å². The Labute approximate surface area is 187 Å². The number of ether oxygens (including phenoxy) is 1. The number of aromatic carboxylic acids is 1. The Balaban J connectivity index is 1.52. The van der Waals surface area contributed by atoms with Crippen LogP contribution in [-0.2, 0) is 0 Å². The number of benzene rings is 1. The number of nitrogens with one attached hydrogen (secondary N) is 1. The highest BCUT2D eigenvalue weighted by Crippen LogP contribution is 2.57. The summed E-state index contributed by atoms with van der Waals surface area (Å²) >= 11 is 0. The summed E-state index contributed by atoms with van der Waals surface area (Å²) < 4.78 is 5.40. The summed E-state index contributed by atoms with van der Waals surface area (Å²) in [5.41, 5.74) is 3.05. The number of anilines is 4. The van der Waals surface area contributed by atoms with Crippen molar-refractivity contribution >= 4 is 29.1 Å². The minimum absolute atomic E-state index is 0.140. The van der Waals surface area contributed by atoms with Crippen LogP contribution in [0.4, 0.5) is 23.1 Å². The standard InChI is InChI=1S/C24H29N5O3/c1-15-24(10-11-24)14-29(17-6-4-5-7-17)21-19(28(15)2)13-25-23(27-21)26-18-9-8-16(22(30)31)12-20(18)32-3/h8-9,12-13,17H,1,4-7,10-11,14H2,2-3H3,(H,30,31)(H,25,26,27). The largest absolute Gasteiger partial charge is 0.495 e. The number of fused-ring (bicyclic) bond motifs is 1. The summed E-state index contributed by atoms with van der Waals surface area (Å²) in [6.07, 6.45) is 9.06. The van der Waals surface area contributed by atoms with Gasteiger partial charge in [0.05, 0.1) is 24.6 Å². The fourth-order valence-corrected chi connectivity index (χ4v) is 5.03. The van der Waals surface area contributed by atoms with Crippen molar-refractivity contribution < 1.29 is 14.6 Å². The van der Waals surface area contributed by atoms with Crippen molar-refractivity contribution in [2.24, 2.45) is 5.41 Å². The molecule has 2 saturated carbocycles. The zero-order valence-corrected chi connectivity index (χ0v) is 18.6. The molecule has 2 aromatic rings. The number of nitrogens with zero attached hydrogens (tertiary/aromatic N) is 4. The van der Waals surface area contributed by atoms with Gasteiger partial charge in [-0.15, -0.1) is 0 Å². The molecule has 3 aliphatic rings.